The first-order valence-corrected chi connectivity index (χ1v) is 7.58. The SMILES string of the molecule is Cc1ccc2c(c1)N(CC(=O)Nc1ccc(O)cc1C)CC(=O)O2. The lowest BCUT2D eigenvalue weighted by Gasteiger charge is -2.29. The van der Waals surface area contributed by atoms with Gasteiger partial charge in [0, 0.05) is 5.69 Å². The number of esters is 1. The number of benzene rings is 2. The molecule has 2 aromatic carbocycles. The fourth-order valence-electron chi connectivity index (χ4n) is 2.65. The lowest BCUT2D eigenvalue weighted by molar-refractivity contribution is -0.133. The van der Waals surface area contributed by atoms with Crippen LogP contribution in [0.25, 0.3) is 0 Å². The Kier molecular flexibility index (Phi) is 4.12. The van der Waals surface area contributed by atoms with Gasteiger partial charge in [0.15, 0.2) is 5.75 Å². The summed E-state index contributed by atoms with van der Waals surface area (Å²) in [6.45, 7) is 3.80. The smallest absolute Gasteiger partial charge is 0.331 e. The van der Waals surface area contributed by atoms with Crippen LogP contribution in [0.3, 0.4) is 0 Å². The summed E-state index contributed by atoms with van der Waals surface area (Å²) >= 11 is 0. The van der Waals surface area contributed by atoms with Crippen LogP contribution in [0.5, 0.6) is 11.5 Å². The average molecular weight is 326 g/mol. The molecule has 1 aliphatic heterocycles. The van der Waals surface area contributed by atoms with Crippen LogP contribution < -0.4 is 15.0 Å². The van der Waals surface area contributed by atoms with Gasteiger partial charge in [-0.25, -0.2) is 4.79 Å². The first-order chi connectivity index (χ1) is 11.4. The van der Waals surface area contributed by atoms with Gasteiger partial charge < -0.3 is 20.1 Å². The molecule has 0 atom stereocenters. The number of carbonyl (C=O) groups is 2. The molecule has 0 bridgehead atoms. The molecule has 0 saturated carbocycles. The number of aryl methyl sites for hydroxylation is 2. The number of amides is 1. The van der Waals surface area contributed by atoms with E-state index < -0.39 is 0 Å². The maximum atomic E-state index is 12.4. The maximum absolute atomic E-state index is 12.4. The van der Waals surface area contributed by atoms with Gasteiger partial charge in [-0.15, -0.1) is 0 Å². The topological polar surface area (TPSA) is 78.9 Å². The number of anilines is 2. The fourth-order valence-corrected chi connectivity index (χ4v) is 2.65. The third-order valence-electron chi connectivity index (χ3n) is 3.82. The first-order valence-electron chi connectivity index (χ1n) is 7.58. The van der Waals surface area contributed by atoms with Crippen LogP contribution in [-0.4, -0.2) is 30.1 Å². The summed E-state index contributed by atoms with van der Waals surface area (Å²) in [5.41, 5.74) is 3.14. The molecule has 0 unspecified atom stereocenters. The number of phenolic OH excluding ortho intramolecular Hbond substituents is 1. The molecule has 1 heterocycles. The van der Waals surface area contributed by atoms with Gasteiger partial charge in [-0.2, -0.15) is 0 Å². The Morgan fingerprint density at radius 2 is 2.04 bits per heavy atom. The molecule has 0 aromatic heterocycles. The Hall–Kier alpha value is -3.02. The number of aromatic hydroxyl groups is 1. The second kappa shape index (κ2) is 6.23. The van der Waals surface area contributed by atoms with Crippen molar-refractivity contribution in [1.29, 1.82) is 0 Å². The molecule has 0 spiro atoms. The molecule has 6 nitrogen and oxygen atoms in total. The summed E-state index contributed by atoms with van der Waals surface area (Å²) < 4.78 is 5.21. The van der Waals surface area contributed by atoms with Gasteiger partial charge >= 0.3 is 5.97 Å². The number of carbonyl (C=O) groups excluding carboxylic acids is 2. The van der Waals surface area contributed by atoms with Crippen molar-refractivity contribution in [3.8, 4) is 11.5 Å². The average Bonchev–Trinajstić information content (AvgIpc) is 2.51. The van der Waals surface area contributed by atoms with E-state index in [4.69, 9.17) is 4.74 Å². The number of hydrogen-bond acceptors (Lipinski definition) is 5. The minimum atomic E-state index is -0.389. The van der Waals surface area contributed by atoms with Crippen LogP contribution in [0.1, 0.15) is 11.1 Å². The summed E-state index contributed by atoms with van der Waals surface area (Å²) in [5.74, 6) is -0.0231. The molecule has 2 N–H and O–H groups in total. The zero-order valence-corrected chi connectivity index (χ0v) is 13.5. The third-order valence-corrected chi connectivity index (χ3v) is 3.82. The van der Waals surface area contributed by atoms with Crippen LogP contribution in [-0.2, 0) is 9.59 Å². The standard InChI is InChI=1S/C18H18N2O4/c1-11-3-6-16-15(7-11)20(10-18(23)24-16)9-17(22)19-14-5-4-13(21)8-12(14)2/h3-8,21H,9-10H2,1-2H3,(H,19,22). The summed E-state index contributed by atoms with van der Waals surface area (Å²) in [6, 6.07) is 10.2. The van der Waals surface area contributed by atoms with Crippen molar-refractivity contribution in [2.24, 2.45) is 0 Å². The Balaban J connectivity index is 1.77. The zero-order valence-electron chi connectivity index (χ0n) is 13.5. The minimum Gasteiger partial charge on any atom is -0.508 e. The monoisotopic (exact) mass is 326 g/mol. The third kappa shape index (κ3) is 3.32. The van der Waals surface area contributed by atoms with E-state index in [2.05, 4.69) is 5.32 Å². The molecule has 6 heteroatoms. The van der Waals surface area contributed by atoms with Crippen LogP contribution in [0, 0.1) is 13.8 Å². The number of fused-ring (bicyclic) bond motifs is 1. The number of hydrogen-bond donors (Lipinski definition) is 2. The molecule has 2 aromatic rings. The van der Waals surface area contributed by atoms with Gasteiger partial charge in [-0.1, -0.05) is 6.07 Å². The summed E-state index contributed by atoms with van der Waals surface area (Å²) in [4.78, 5) is 25.8. The largest absolute Gasteiger partial charge is 0.508 e. The molecule has 3 rings (SSSR count). The van der Waals surface area contributed by atoms with E-state index in [1.165, 1.54) is 6.07 Å². The second-order valence-corrected chi connectivity index (χ2v) is 5.85. The number of ether oxygens (including phenoxy) is 1. The Labute approximate surface area is 139 Å². The van der Waals surface area contributed by atoms with Crippen molar-refractivity contribution in [2.75, 3.05) is 23.3 Å². The molecule has 0 radical (unpaired) electrons. The molecule has 124 valence electrons. The van der Waals surface area contributed by atoms with Gasteiger partial charge in [0.05, 0.1) is 12.2 Å². The highest BCUT2D eigenvalue weighted by Gasteiger charge is 2.25. The lowest BCUT2D eigenvalue weighted by Crippen LogP contribution is -2.41. The molecular weight excluding hydrogens is 308 g/mol. The minimum absolute atomic E-state index is 0.0262. The maximum Gasteiger partial charge on any atom is 0.331 e. The van der Waals surface area contributed by atoms with Crippen molar-refractivity contribution in [2.45, 2.75) is 13.8 Å². The van der Waals surface area contributed by atoms with E-state index in [0.717, 1.165) is 16.8 Å². The quantitative estimate of drug-likeness (QED) is 0.514. The van der Waals surface area contributed by atoms with Crippen LogP contribution in [0.4, 0.5) is 11.4 Å². The van der Waals surface area contributed by atoms with Gasteiger partial charge in [0.2, 0.25) is 5.91 Å². The van der Waals surface area contributed by atoms with Gasteiger partial charge in [-0.05, 0) is 55.3 Å². The summed E-state index contributed by atoms with van der Waals surface area (Å²) in [5, 5.41) is 12.2. The fraction of sp³-hybridized carbons (Fsp3) is 0.222. The van der Waals surface area contributed by atoms with Crippen molar-refractivity contribution in [1.82, 2.24) is 0 Å². The predicted octanol–water partition coefficient (Wildman–Crippen LogP) is 2.37. The molecule has 1 aliphatic rings. The van der Waals surface area contributed by atoms with Crippen molar-refractivity contribution in [3.63, 3.8) is 0 Å². The van der Waals surface area contributed by atoms with Gasteiger partial charge in [-0.3, -0.25) is 4.79 Å². The van der Waals surface area contributed by atoms with E-state index in [1.54, 1.807) is 30.0 Å². The Bertz CT molecular complexity index is 817. The van der Waals surface area contributed by atoms with Crippen LogP contribution >= 0.6 is 0 Å². The van der Waals surface area contributed by atoms with Crippen LogP contribution in [0.15, 0.2) is 36.4 Å². The van der Waals surface area contributed by atoms with E-state index in [0.29, 0.717) is 11.4 Å². The predicted molar refractivity (Wildman–Crippen MR) is 90.5 cm³/mol. The normalized spacial score (nSPS) is 13.2. The van der Waals surface area contributed by atoms with E-state index in [9.17, 15) is 14.7 Å². The zero-order chi connectivity index (χ0) is 17.3. The number of phenols is 1. The van der Waals surface area contributed by atoms with E-state index in [1.807, 2.05) is 19.1 Å². The highest BCUT2D eigenvalue weighted by molar-refractivity contribution is 5.97. The second-order valence-electron chi connectivity index (χ2n) is 5.85. The van der Waals surface area contributed by atoms with E-state index in [-0.39, 0.29) is 30.7 Å². The molecule has 0 saturated heterocycles. The number of nitrogens with zero attached hydrogens (tertiary/aromatic N) is 1. The molecule has 0 fully saturated rings. The number of rotatable bonds is 3. The highest BCUT2D eigenvalue weighted by atomic mass is 16.5. The highest BCUT2D eigenvalue weighted by Crippen LogP contribution is 2.32. The van der Waals surface area contributed by atoms with Crippen molar-refractivity contribution in [3.05, 3.63) is 47.5 Å². The van der Waals surface area contributed by atoms with E-state index >= 15 is 0 Å². The van der Waals surface area contributed by atoms with Gasteiger partial charge in [0.25, 0.3) is 0 Å². The van der Waals surface area contributed by atoms with Gasteiger partial charge in [0.1, 0.15) is 12.3 Å². The Morgan fingerprint density at radius 1 is 1.25 bits per heavy atom. The molecule has 0 aliphatic carbocycles. The summed E-state index contributed by atoms with van der Waals surface area (Å²) in [6.07, 6.45) is 0. The Morgan fingerprint density at radius 3 is 2.79 bits per heavy atom. The van der Waals surface area contributed by atoms with Crippen LogP contribution in [0.2, 0.25) is 0 Å². The number of nitrogens with one attached hydrogen (secondary N) is 1. The lowest BCUT2D eigenvalue weighted by atomic mass is 10.1. The first kappa shape index (κ1) is 15.9. The molecular formula is C18H18N2O4. The molecule has 1 amide bonds. The molecule has 24 heavy (non-hydrogen) atoms. The summed E-state index contributed by atoms with van der Waals surface area (Å²) in [7, 11) is 0. The van der Waals surface area contributed by atoms with Crippen molar-refractivity contribution >= 4 is 23.3 Å². The van der Waals surface area contributed by atoms with Crippen molar-refractivity contribution < 1.29 is 19.4 Å².